The Morgan fingerprint density at radius 3 is 2.33 bits per heavy atom. The largest absolute Gasteiger partial charge is 0.465 e. The molecule has 0 aliphatic rings. The van der Waals surface area contributed by atoms with Gasteiger partial charge < -0.3 is 4.74 Å². The van der Waals surface area contributed by atoms with Crippen LogP contribution in [-0.2, 0) is 9.53 Å². The second-order valence-corrected chi connectivity index (χ2v) is 3.68. The summed E-state index contributed by atoms with van der Waals surface area (Å²) in [5.41, 5.74) is 0.927. The summed E-state index contributed by atoms with van der Waals surface area (Å²) in [5, 5.41) is 0. The summed E-state index contributed by atoms with van der Waals surface area (Å²) in [4.78, 5) is 10.8. The smallest absolute Gasteiger partial charge is 0.305 e. The summed E-state index contributed by atoms with van der Waals surface area (Å²) >= 11 is 0. The molecular formula is C10H18O2. The third-order valence-corrected chi connectivity index (χ3v) is 2.04. The van der Waals surface area contributed by atoms with Crippen LogP contribution in [0.1, 0.15) is 34.1 Å². The molecular weight excluding hydrogens is 152 g/mol. The van der Waals surface area contributed by atoms with Crippen LogP contribution in [0.3, 0.4) is 0 Å². The van der Waals surface area contributed by atoms with Gasteiger partial charge in [-0.25, -0.2) is 0 Å². The molecule has 0 aromatic rings. The minimum atomic E-state index is -0.149. The molecule has 0 amide bonds. The number of hydrogen-bond donors (Lipinski definition) is 0. The SMILES string of the molecule is C=C(C)C(C)(C)COC(=O)CC. The first-order valence-electron chi connectivity index (χ1n) is 4.21. The first-order chi connectivity index (χ1) is 5.40. The van der Waals surface area contributed by atoms with E-state index in [1.165, 1.54) is 0 Å². The Morgan fingerprint density at radius 1 is 1.50 bits per heavy atom. The van der Waals surface area contributed by atoms with Crippen molar-refractivity contribution in [3.8, 4) is 0 Å². The molecule has 0 rings (SSSR count). The molecule has 70 valence electrons. The predicted molar refractivity (Wildman–Crippen MR) is 49.8 cm³/mol. The van der Waals surface area contributed by atoms with Crippen molar-refractivity contribution in [2.45, 2.75) is 34.1 Å². The zero-order valence-electron chi connectivity index (χ0n) is 8.44. The molecule has 0 unspecified atom stereocenters. The van der Waals surface area contributed by atoms with Crippen LogP contribution in [0.2, 0.25) is 0 Å². The summed E-state index contributed by atoms with van der Waals surface area (Å²) in [5.74, 6) is -0.149. The fraction of sp³-hybridized carbons (Fsp3) is 0.700. The summed E-state index contributed by atoms with van der Waals surface area (Å²) in [6.45, 7) is 12.0. The van der Waals surface area contributed by atoms with Crippen LogP contribution in [0.4, 0.5) is 0 Å². The topological polar surface area (TPSA) is 26.3 Å². The van der Waals surface area contributed by atoms with Gasteiger partial charge in [-0.05, 0) is 6.92 Å². The second kappa shape index (κ2) is 4.29. The monoisotopic (exact) mass is 170 g/mol. The van der Waals surface area contributed by atoms with Crippen LogP contribution in [0.5, 0.6) is 0 Å². The van der Waals surface area contributed by atoms with Crippen molar-refractivity contribution in [3.05, 3.63) is 12.2 Å². The first-order valence-corrected chi connectivity index (χ1v) is 4.21. The van der Waals surface area contributed by atoms with E-state index in [4.69, 9.17) is 4.74 Å². The second-order valence-electron chi connectivity index (χ2n) is 3.68. The van der Waals surface area contributed by atoms with Gasteiger partial charge in [0.25, 0.3) is 0 Å². The summed E-state index contributed by atoms with van der Waals surface area (Å²) in [6, 6.07) is 0. The first kappa shape index (κ1) is 11.2. The van der Waals surface area contributed by atoms with Gasteiger partial charge in [-0.3, -0.25) is 4.79 Å². The normalized spacial score (nSPS) is 11.0. The Balaban J connectivity index is 3.92. The van der Waals surface area contributed by atoms with Gasteiger partial charge in [0.15, 0.2) is 0 Å². The molecule has 0 saturated carbocycles. The van der Waals surface area contributed by atoms with Crippen LogP contribution < -0.4 is 0 Å². The fourth-order valence-corrected chi connectivity index (χ4v) is 0.486. The van der Waals surface area contributed by atoms with Crippen molar-refractivity contribution in [3.63, 3.8) is 0 Å². The summed E-state index contributed by atoms with van der Waals surface area (Å²) < 4.78 is 5.02. The maximum Gasteiger partial charge on any atom is 0.305 e. The molecule has 0 aromatic carbocycles. The number of rotatable bonds is 4. The van der Waals surface area contributed by atoms with E-state index in [-0.39, 0.29) is 11.4 Å². The molecule has 0 aliphatic heterocycles. The van der Waals surface area contributed by atoms with Crippen molar-refractivity contribution in [1.29, 1.82) is 0 Å². The molecule has 0 spiro atoms. The van der Waals surface area contributed by atoms with Crippen LogP contribution in [0.25, 0.3) is 0 Å². The van der Waals surface area contributed by atoms with Crippen LogP contribution in [0, 0.1) is 5.41 Å². The predicted octanol–water partition coefficient (Wildman–Crippen LogP) is 2.54. The quantitative estimate of drug-likeness (QED) is 0.478. The van der Waals surface area contributed by atoms with Crippen LogP contribution in [-0.4, -0.2) is 12.6 Å². The zero-order chi connectivity index (χ0) is 9.78. The molecule has 0 aromatic heterocycles. The molecule has 0 heterocycles. The summed E-state index contributed by atoms with van der Waals surface area (Å²) in [7, 11) is 0. The molecule has 0 saturated heterocycles. The Morgan fingerprint density at radius 2 is 2.00 bits per heavy atom. The molecule has 12 heavy (non-hydrogen) atoms. The van der Waals surface area contributed by atoms with Gasteiger partial charge in [-0.1, -0.05) is 32.9 Å². The molecule has 0 N–H and O–H groups in total. The average molecular weight is 170 g/mol. The maximum atomic E-state index is 10.8. The third-order valence-electron chi connectivity index (χ3n) is 2.04. The van der Waals surface area contributed by atoms with E-state index in [1.807, 2.05) is 20.8 Å². The molecule has 0 radical (unpaired) electrons. The lowest BCUT2D eigenvalue weighted by Crippen LogP contribution is -2.22. The third kappa shape index (κ3) is 3.56. The maximum absolute atomic E-state index is 10.8. The number of carbonyl (C=O) groups excluding carboxylic acids is 1. The Kier molecular flexibility index (Phi) is 4.01. The summed E-state index contributed by atoms with van der Waals surface area (Å²) in [6.07, 6.45) is 0.437. The van der Waals surface area contributed by atoms with E-state index in [9.17, 15) is 4.79 Å². The molecule has 2 heteroatoms. The standard InChI is InChI=1S/C10H18O2/c1-6-9(11)12-7-10(4,5)8(2)3/h2,6-7H2,1,3-5H3. The van der Waals surface area contributed by atoms with Crippen molar-refractivity contribution in [1.82, 2.24) is 0 Å². The van der Waals surface area contributed by atoms with Crippen molar-refractivity contribution >= 4 is 5.97 Å². The van der Waals surface area contributed by atoms with Crippen LogP contribution in [0.15, 0.2) is 12.2 Å². The number of hydrogen-bond acceptors (Lipinski definition) is 2. The molecule has 0 fully saturated rings. The van der Waals surface area contributed by atoms with E-state index in [0.29, 0.717) is 13.0 Å². The lowest BCUT2D eigenvalue weighted by Gasteiger charge is -2.24. The van der Waals surface area contributed by atoms with Gasteiger partial charge in [-0.2, -0.15) is 0 Å². The molecule has 0 atom stereocenters. The van der Waals surface area contributed by atoms with Crippen molar-refractivity contribution in [2.24, 2.45) is 5.41 Å². The molecule has 2 nitrogen and oxygen atoms in total. The van der Waals surface area contributed by atoms with Gasteiger partial charge in [0.05, 0.1) is 0 Å². The highest BCUT2D eigenvalue weighted by atomic mass is 16.5. The van der Waals surface area contributed by atoms with E-state index in [2.05, 4.69) is 6.58 Å². The zero-order valence-corrected chi connectivity index (χ0v) is 8.44. The Bertz CT molecular complexity index is 180. The lowest BCUT2D eigenvalue weighted by atomic mass is 9.87. The molecule has 0 bridgehead atoms. The fourth-order valence-electron chi connectivity index (χ4n) is 0.486. The van der Waals surface area contributed by atoms with Crippen LogP contribution >= 0.6 is 0 Å². The van der Waals surface area contributed by atoms with Gasteiger partial charge in [-0.15, -0.1) is 0 Å². The highest BCUT2D eigenvalue weighted by molar-refractivity contribution is 5.68. The van der Waals surface area contributed by atoms with Gasteiger partial charge >= 0.3 is 5.97 Å². The van der Waals surface area contributed by atoms with Gasteiger partial charge in [0.1, 0.15) is 6.61 Å². The number of esters is 1. The highest BCUT2D eigenvalue weighted by Gasteiger charge is 2.20. The minimum Gasteiger partial charge on any atom is -0.465 e. The van der Waals surface area contributed by atoms with Crippen molar-refractivity contribution in [2.75, 3.05) is 6.61 Å². The van der Waals surface area contributed by atoms with E-state index in [0.717, 1.165) is 5.57 Å². The minimum absolute atomic E-state index is 0.106. The Labute approximate surface area is 74.6 Å². The number of carbonyl (C=O) groups is 1. The van der Waals surface area contributed by atoms with Gasteiger partial charge in [0, 0.05) is 11.8 Å². The highest BCUT2D eigenvalue weighted by Crippen LogP contribution is 2.24. The molecule has 0 aliphatic carbocycles. The number of ether oxygens (including phenoxy) is 1. The average Bonchev–Trinajstić information content (AvgIpc) is 2.00. The van der Waals surface area contributed by atoms with Crippen molar-refractivity contribution < 1.29 is 9.53 Å². The Hall–Kier alpha value is -0.790. The van der Waals surface area contributed by atoms with E-state index >= 15 is 0 Å². The lowest BCUT2D eigenvalue weighted by molar-refractivity contribution is -0.145. The van der Waals surface area contributed by atoms with E-state index < -0.39 is 0 Å². The van der Waals surface area contributed by atoms with E-state index in [1.54, 1.807) is 6.92 Å². The van der Waals surface area contributed by atoms with Gasteiger partial charge in [0.2, 0.25) is 0 Å².